The third-order valence-electron chi connectivity index (χ3n) is 3.06. The minimum atomic E-state index is 0.362. The Morgan fingerprint density at radius 2 is 1.89 bits per heavy atom. The maximum absolute atomic E-state index is 3.64. The highest BCUT2D eigenvalue weighted by Gasteiger charge is 2.12. The van der Waals surface area contributed by atoms with E-state index in [0.29, 0.717) is 12.1 Å². The molecule has 1 aromatic carbocycles. The SMILES string of the molecule is Cc1cccc([C@H](C)NC(C)c2ccc(Br)s2)c1. The predicted molar refractivity (Wildman–Crippen MR) is 83.2 cm³/mol. The van der Waals surface area contributed by atoms with Crippen molar-refractivity contribution in [1.29, 1.82) is 0 Å². The van der Waals surface area contributed by atoms with E-state index in [1.165, 1.54) is 19.8 Å². The van der Waals surface area contributed by atoms with Gasteiger partial charge in [-0.15, -0.1) is 11.3 Å². The lowest BCUT2D eigenvalue weighted by Crippen LogP contribution is -2.21. The van der Waals surface area contributed by atoms with E-state index in [2.05, 4.69) is 78.4 Å². The van der Waals surface area contributed by atoms with Crippen molar-refractivity contribution in [2.45, 2.75) is 32.9 Å². The highest BCUT2D eigenvalue weighted by molar-refractivity contribution is 9.11. The van der Waals surface area contributed by atoms with E-state index in [-0.39, 0.29) is 0 Å². The molecule has 0 bridgehead atoms. The fraction of sp³-hybridized carbons (Fsp3) is 0.333. The van der Waals surface area contributed by atoms with Gasteiger partial charge in [0.2, 0.25) is 0 Å². The number of nitrogens with one attached hydrogen (secondary N) is 1. The maximum atomic E-state index is 3.64. The predicted octanol–water partition coefficient (Wildman–Crippen LogP) is 5.23. The van der Waals surface area contributed by atoms with Crippen molar-refractivity contribution >= 4 is 27.3 Å². The van der Waals surface area contributed by atoms with Gasteiger partial charge in [0.1, 0.15) is 0 Å². The molecule has 0 saturated heterocycles. The average Bonchev–Trinajstić information content (AvgIpc) is 2.76. The molecule has 0 saturated carbocycles. The summed E-state index contributed by atoms with van der Waals surface area (Å²) in [5, 5.41) is 3.64. The molecule has 1 nitrogen and oxygen atoms in total. The van der Waals surface area contributed by atoms with Crippen LogP contribution in [0.1, 0.15) is 41.9 Å². The van der Waals surface area contributed by atoms with Gasteiger partial charge in [-0.1, -0.05) is 29.8 Å². The van der Waals surface area contributed by atoms with Crippen molar-refractivity contribution < 1.29 is 0 Å². The van der Waals surface area contributed by atoms with E-state index < -0.39 is 0 Å². The van der Waals surface area contributed by atoms with Gasteiger partial charge in [-0.3, -0.25) is 0 Å². The first-order valence-electron chi connectivity index (χ1n) is 6.14. The van der Waals surface area contributed by atoms with Crippen LogP contribution in [0.5, 0.6) is 0 Å². The zero-order chi connectivity index (χ0) is 13.1. The fourth-order valence-corrected chi connectivity index (χ4v) is 3.49. The molecule has 1 N–H and O–H groups in total. The van der Waals surface area contributed by atoms with Crippen molar-refractivity contribution in [3.8, 4) is 0 Å². The van der Waals surface area contributed by atoms with Gasteiger partial charge < -0.3 is 5.32 Å². The third-order valence-corrected chi connectivity index (χ3v) is 4.87. The number of hydrogen-bond donors (Lipinski definition) is 1. The second-order valence-corrected chi connectivity index (χ2v) is 7.16. The summed E-state index contributed by atoms with van der Waals surface area (Å²) in [6.07, 6.45) is 0. The molecule has 2 aromatic rings. The molecule has 2 atom stereocenters. The van der Waals surface area contributed by atoms with Crippen molar-refractivity contribution in [1.82, 2.24) is 5.32 Å². The molecule has 18 heavy (non-hydrogen) atoms. The van der Waals surface area contributed by atoms with Gasteiger partial charge >= 0.3 is 0 Å². The minimum absolute atomic E-state index is 0.362. The lowest BCUT2D eigenvalue weighted by molar-refractivity contribution is 0.500. The average molecular weight is 324 g/mol. The molecule has 96 valence electrons. The van der Waals surface area contributed by atoms with Gasteiger partial charge in [0.15, 0.2) is 0 Å². The van der Waals surface area contributed by atoms with Crippen molar-refractivity contribution in [3.05, 3.63) is 56.2 Å². The van der Waals surface area contributed by atoms with Gasteiger partial charge in [-0.2, -0.15) is 0 Å². The lowest BCUT2D eigenvalue weighted by atomic mass is 10.0. The van der Waals surface area contributed by atoms with E-state index in [1.54, 1.807) is 11.3 Å². The first-order chi connectivity index (χ1) is 8.56. The van der Waals surface area contributed by atoms with Gasteiger partial charge in [0.25, 0.3) is 0 Å². The molecular formula is C15H18BrNS. The van der Waals surface area contributed by atoms with Crippen LogP contribution >= 0.6 is 27.3 Å². The molecule has 2 rings (SSSR count). The summed E-state index contributed by atoms with van der Waals surface area (Å²) in [4.78, 5) is 1.36. The molecule has 0 aliphatic carbocycles. The molecule has 0 aliphatic rings. The normalized spacial score (nSPS) is 14.4. The van der Waals surface area contributed by atoms with Crippen LogP contribution < -0.4 is 5.32 Å². The van der Waals surface area contributed by atoms with Gasteiger partial charge in [0.05, 0.1) is 3.79 Å². The summed E-state index contributed by atoms with van der Waals surface area (Å²) in [6.45, 7) is 6.56. The smallest absolute Gasteiger partial charge is 0.0701 e. The Balaban J connectivity index is 2.05. The van der Waals surface area contributed by atoms with E-state index >= 15 is 0 Å². The first-order valence-corrected chi connectivity index (χ1v) is 7.75. The summed E-state index contributed by atoms with van der Waals surface area (Å²) in [7, 11) is 0. The molecule has 1 heterocycles. The molecule has 1 aromatic heterocycles. The zero-order valence-electron chi connectivity index (χ0n) is 10.9. The molecule has 0 fully saturated rings. The quantitative estimate of drug-likeness (QED) is 0.812. The van der Waals surface area contributed by atoms with E-state index in [9.17, 15) is 0 Å². The van der Waals surface area contributed by atoms with Crippen LogP contribution in [0, 0.1) is 6.92 Å². The van der Waals surface area contributed by atoms with Crippen LogP contribution in [-0.2, 0) is 0 Å². The summed E-state index contributed by atoms with van der Waals surface area (Å²) >= 11 is 5.30. The maximum Gasteiger partial charge on any atom is 0.0701 e. The summed E-state index contributed by atoms with van der Waals surface area (Å²) in [5.41, 5.74) is 2.66. The van der Waals surface area contributed by atoms with Crippen molar-refractivity contribution in [3.63, 3.8) is 0 Å². The number of rotatable bonds is 4. The Morgan fingerprint density at radius 3 is 2.50 bits per heavy atom. The van der Waals surface area contributed by atoms with Crippen LogP contribution in [-0.4, -0.2) is 0 Å². The Bertz CT molecular complexity index is 521. The highest BCUT2D eigenvalue weighted by atomic mass is 79.9. The Kier molecular flexibility index (Phi) is 4.60. The van der Waals surface area contributed by atoms with Crippen LogP contribution in [0.15, 0.2) is 40.2 Å². The van der Waals surface area contributed by atoms with Crippen LogP contribution in [0.3, 0.4) is 0 Å². The number of halogens is 1. The van der Waals surface area contributed by atoms with Crippen molar-refractivity contribution in [2.24, 2.45) is 0 Å². The standard InChI is InChI=1S/C15H18BrNS/c1-10-5-4-6-13(9-10)11(2)17-12(3)14-7-8-15(16)18-14/h4-9,11-12,17H,1-3H3/t11-,12?/m0/s1. The largest absolute Gasteiger partial charge is 0.303 e. The molecule has 0 aliphatic heterocycles. The fourth-order valence-electron chi connectivity index (χ4n) is 2.05. The minimum Gasteiger partial charge on any atom is -0.303 e. The zero-order valence-corrected chi connectivity index (χ0v) is 13.3. The number of aryl methyl sites for hydroxylation is 1. The second-order valence-electron chi connectivity index (χ2n) is 4.67. The lowest BCUT2D eigenvalue weighted by Gasteiger charge is -2.19. The van der Waals surface area contributed by atoms with Gasteiger partial charge in [-0.25, -0.2) is 0 Å². The summed E-state index contributed by atoms with van der Waals surface area (Å²) in [5.74, 6) is 0. The molecule has 0 spiro atoms. The topological polar surface area (TPSA) is 12.0 Å². The van der Waals surface area contributed by atoms with Gasteiger partial charge in [-0.05, 0) is 54.4 Å². The van der Waals surface area contributed by atoms with Crippen LogP contribution in [0.25, 0.3) is 0 Å². The molecule has 1 unspecified atom stereocenters. The molecule has 0 amide bonds. The monoisotopic (exact) mass is 323 g/mol. The Labute approximate surface area is 121 Å². The van der Waals surface area contributed by atoms with E-state index in [1.807, 2.05) is 0 Å². The summed E-state index contributed by atoms with van der Waals surface area (Å²) in [6, 6.07) is 13.7. The van der Waals surface area contributed by atoms with Crippen molar-refractivity contribution in [2.75, 3.05) is 0 Å². The highest BCUT2D eigenvalue weighted by Crippen LogP contribution is 2.28. The molecule has 3 heteroatoms. The second kappa shape index (κ2) is 6.00. The number of hydrogen-bond acceptors (Lipinski definition) is 2. The summed E-state index contributed by atoms with van der Waals surface area (Å²) < 4.78 is 1.19. The van der Waals surface area contributed by atoms with E-state index in [4.69, 9.17) is 0 Å². The Hall–Kier alpha value is -0.640. The number of benzene rings is 1. The number of thiophene rings is 1. The molecule has 0 radical (unpaired) electrons. The van der Waals surface area contributed by atoms with Crippen LogP contribution in [0.4, 0.5) is 0 Å². The Morgan fingerprint density at radius 1 is 1.11 bits per heavy atom. The molecular weight excluding hydrogens is 306 g/mol. The van der Waals surface area contributed by atoms with Crippen LogP contribution in [0.2, 0.25) is 0 Å². The third kappa shape index (κ3) is 3.44. The van der Waals surface area contributed by atoms with Gasteiger partial charge in [0, 0.05) is 17.0 Å². The van der Waals surface area contributed by atoms with E-state index in [0.717, 1.165) is 0 Å². The first kappa shape index (κ1) is 13.8.